The van der Waals surface area contributed by atoms with E-state index < -0.39 is 17.9 Å². The molecule has 4 aromatic rings. The third-order valence-electron chi connectivity index (χ3n) is 7.01. The molecule has 0 radical (unpaired) electrons. The standard InChI is InChI=1S/C34H38N2O4S/c1-4-6-17-29-31(41-33(36-29)25-14-8-7-9-15-25)22-40-21-24-18-19-27(32(37)35-30(12-5-2)34(38)39)28(20-24)26-16-11-10-13-23(26)3/h7-11,13-16,18-20,30H,4-6,12,17,21-22H2,1-3H3,(H,35,37)(H,38,39)/t30-/m0/s1. The molecule has 0 aliphatic rings. The van der Waals surface area contributed by atoms with Crippen LogP contribution in [0.15, 0.2) is 72.8 Å². The van der Waals surface area contributed by atoms with Gasteiger partial charge in [0.05, 0.1) is 23.8 Å². The van der Waals surface area contributed by atoms with E-state index in [2.05, 4.69) is 24.4 Å². The van der Waals surface area contributed by atoms with Gasteiger partial charge in [0.2, 0.25) is 0 Å². The van der Waals surface area contributed by atoms with Gasteiger partial charge in [0.1, 0.15) is 11.0 Å². The number of hydrogen-bond donors (Lipinski definition) is 2. The second kappa shape index (κ2) is 14.7. The van der Waals surface area contributed by atoms with Gasteiger partial charge in [0.15, 0.2) is 0 Å². The molecule has 0 bridgehead atoms. The number of carboxylic acid groups (broad SMARTS) is 1. The monoisotopic (exact) mass is 570 g/mol. The predicted molar refractivity (Wildman–Crippen MR) is 165 cm³/mol. The van der Waals surface area contributed by atoms with E-state index in [4.69, 9.17) is 9.72 Å². The zero-order valence-corrected chi connectivity index (χ0v) is 24.8. The first-order chi connectivity index (χ1) is 19.9. The van der Waals surface area contributed by atoms with E-state index in [0.717, 1.165) is 62.7 Å². The number of carbonyl (C=O) groups excluding carboxylic acids is 1. The van der Waals surface area contributed by atoms with Crippen LogP contribution in [0.25, 0.3) is 21.7 Å². The van der Waals surface area contributed by atoms with E-state index >= 15 is 0 Å². The van der Waals surface area contributed by atoms with Crippen LogP contribution in [0.3, 0.4) is 0 Å². The van der Waals surface area contributed by atoms with Gasteiger partial charge in [-0.3, -0.25) is 4.79 Å². The Morgan fingerprint density at radius 1 is 0.951 bits per heavy atom. The summed E-state index contributed by atoms with van der Waals surface area (Å²) in [5.41, 5.74) is 6.31. The highest BCUT2D eigenvalue weighted by atomic mass is 32.1. The molecule has 6 nitrogen and oxygen atoms in total. The van der Waals surface area contributed by atoms with Crippen molar-refractivity contribution in [2.75, 3.05) is 0 Å². The van der Waals surface area contributed by atoms with Gasteiger partial charge in [0, 0.05) is 11.1 Å². The summed E-state index contributed by atoms with van der Waals surface area (Å²) in [6.07, 6.45) is 4.14. The molecule has 41 heavy (non-hydrogen) atoms. The zero-order valence-electron chi connectivity index (χ0n) is 24.0. The number of benzene rings is 3. The Morgan fingerprint density at radius 3 is 2.41 bits per heavy atom. The lowest BCUT2D eigenvalue weighted by molar-refractivity contribution is -0.139. The van der Waals surface area contributed by atoms with Crippen molar-refractivity contribution in [3.05, 3.63) is 100 Å². The number of carboxylic acids is 1. The van der Waals surface area contributed by atoms with Gasteiger partial charge in [-0.2, -0.15) is 0 Å². The fourth-order valence-corrected chi connectivity index (χ4v) is 5.81. The Balaban J connectivity index is 1.56. The van der Waals surface area contributed by atoms with E-state index in [9.17, 15) is 14.7 Å². The van der Waals surface area contributed by atoms with Crippen LogP contribution < -0.4 is 5.32 Å². The van der Waals surface area contributed by atoms with Crippen LogP contribution >= 0.6 is 11.3 Å². The maximum absolute atomic E-state index is 13.3. The first-order valence-electron chi connectivity index (χ1n) is 14.3. The van der Waals surface area contributed by atoms with Crippen LogP contribution in [0.5, 0.6) is 0 Å². The van der Waals surface area contributed by atoms with E-state index in [0.29, 0.717) is 31.6 Å². The smallest absolute Gasteiger partial charge is 0.326 e. The van der Waals surface area contributed by atoms with Crippen molar-refractivity contribution < 1.29 is 19.4 Å². The summed E-state index contributed by atoms with van der Waals surface area (Å²) in [5, 5.41) is 13.3. The summed E-state index contributed by atoms with van der Waals surface area (Å²) < 4.78 is 6.22. The summed E-state index contributed by atoms with van der Waals surface area (Å²) >= 11 is 1.68. The molecule has 0 spiro atoms. The normalized spacial score (nSPS) is 11.8. The van der Waals surface area contributed by atoms with Crippen molar-refractivity contribution in [3.8, 4) is 21.7 Å². The fraction of sp³-hybridized carbons (Fsp3) is 0.324. The molecule has 214 valence electrons. The van der Waals surface area contributed by atoms with Crippen molar-refractivity contribution in [2.24, 2.45) is 0 Å². The Labute approximate surface area is 246 Å². The molecular weight excluding hydrogens is 532 g/mol. The minimum Gasteiger partial charge on any atom is -0.480 e. The fourth-order valence-electron chi connectivity index (χ4n) is 4.76. The summed E-state index contributed by atoms with van der Waals surface area (Å²) in [4.78, 5) is 31.0. The number of aromatic nitrogens is 1. The number of hydrogen-bond acceptors (Lipinski definition) is 5. The molecule has 2 N–H and O–H groups in total. The maximum Gasteiger partial charge on any atom is 0.326 e. The van der Waals surface area contributed by atoms with Gasteiger partial charge in [-0.25, -0.2) is 9.78 Å². The second-order valence-electron chi connectivity index (χ2n) is 10.2. The molecule has 0 aliphatic heterocycles. The van der Waals surface area contributed by atoms with Gasteiger partial charge in [-0.15, -0.1) is 11.3 Å². The Morgan fingerprint density at radius 2 is 1.71 bits per heavy atom. The molecule has 7 heteroatoms. The minimum absolute atomic E-state index is 0.372. The van der Waals surface area contributed by atoms with Crippen LogP contribution in [0, 0.1) is 6.92 Å². The number of unbranched alkanes of at least 4 members (excludes halogenated alkanes) is 1. The molecule has 4 rings (SSSR count). The van der Waals surface area contributed by atoms with Crippen LogP contribution in [0.1, 0.15) is 71.6 Å². The van der Waals surface area contributed by atoms with Gasteiger partial charge < -0.3 is 15.2 Å². The lowest BCUT2D eigenvalue weighted by atomic mass is 9.93. The SMILES string of the molecule is CCCCc1nc(-c2ccccc2)sc1COCc1ccc(C(=O)N[C@@H](CCC)C(=O)O)c(-c2ccccc2C)c1. The molecule has 1 heterocycles. The predicted octanol–water partition coefficient (Wildman–Crippen LogP) is 7.83. The summed E-state index contributed by atoms with van der Waals surface area (Å²) in [5.74, 6) is -1.42. The van der Waals surface area contributed by atoms with Crippen LogP contribution in [-0.4, -0.2) is 28.0 Å². The Hall–Kier alpha value is -3.81. The lowest BCUT2D eigenvalue weighted by Gasteiger charge is -2.17. The molecule has 1 atom stereocenters. The number of rotatable bonds is 14. The molecular formula is C34H38N2O4S. The summed E-state index contributed by atoms with van der Waals surface area (Å²) in [7, 11) is 0. The van der Waals surface area contributed by atoms with Crippen LogP contribution in [-0.2, 0) is 29.2 Å². The van der Waals surface area contributed by atoms with Gasteiger partial charge in [-0.1, -0.05) is 87.4 Å². The largest absolute Gasteiger partial charge is 0.480 e. The van der Waals surface area contributed by atoms with Crippen molar-refractivity contribution in [1.29, 1.82) is 0 Å². The number of aryl methyl sites for hydroxylation is 2. The van der Waals surface area contributed by atoms with Crippen LogP contribution in [0.4, 0.5) is 0 Å². The number of carbonyl (C=O) groups is 2. The number of amides is 1. The third kappa shape index (κ3) is 7.90. The molecule has 0 saturated carbocycles. The van der Waals surface area contributed by atoms with Gasteiger partial charge in [-0.05, 0) is 60.6 Å². The zero-order chi connectivity index (χ0) is 29.2. The molecule has 3 aromatic carbocycles. The molecule has 0 unspecified atom stereocenters. The van der Waals surface area contributed by atoms with E-state index in [1.165, 1.54) is 0 Å². The Kier molecular flexibility index (Phi) is 10.8. The van der Waals surface area contributed by atoms with Crippen molar-refractivity contribution >= 4 is 23.2 Å². The number of nitrogens with zero attached hydrogens (tertiary/aromatic N) is 1. The van der Waals surface area contributed by atoms with Crippen molar-refractivity contribution in [2.45, 2.75) is 72.1 Å². The highest BCUT2D eigenvalue weighted by molar-refractivity contribution is 7.15. The molecule has 1 aromatic heterocycles. The second-order valence-corrected chi connectivity index (χ2v) is 11.3. The van der Waals surface area contributed by atoms with E-state index in [-0.39, 0.29) is 0 Å². The third-order valence-corrected chi connectivity index (χ3v) is 8.13. The quantitative estimate of drug-likeness (QED) is 0.161. The van der Waals surface area contributed by atoms with Gasteiger partial charge >= 0.3 is 5.97 Å². The molecule has 0 saturated heterocycles. The van der Waals surface area contributed by atoms with Gasteiger partial charge in [0.25, 0.3) is 5.91 Å². The molecule has 0 fully saturated rings. The first-order valence-corrected chi connectivity index (χ1v) is 15.1. The highest BCUT2D eigenvalue weighted by Crippen LogP contribution is 2.31. The van der Waals surface area contributed by atoms with Crippen molar-refractivity contribution in [3.63, 3.8) is 0 Å². The summed E-state index contributed by atoms with van der Waals surface area (Å²) in [6.45, 7) is 6.92. The minimum atomic E-state index is -1.03. The topological polar surface area (TPSA) is 88.5 Å². The van der Waals surface area contributed by atoms with E-state index in [1.54, 1.807) is 17.4 Å². The number of ether oxygens (including phenoxy) is 1. The average molecular weight is 571 g/mol. The molecule has 1 amide bonds. The Bertz CT molecular complexity index is 1460. The average Bonchev–Trinajstić information content (AvgIpc) is 3.39. The highest BCUT2D eigenvalue weighted by Gasteiger charge is 2.22. The van der Waals surface area contributed by atoms with Crippen LogP contribution in [0.2, 0.25) is 0 Å². The lowest BCUT2D eigenvalue weighted by Crippen LogP contribution is -2.40. The number of nitrogens with one attached hydrogen (secondary N) is 1. The number of thiazole rings is 1. The summed E-state index contributed by atoms with van der Waals surface area (Å²) in [6, 6.07) is 22.8. The van der Waals surface area contributed by atoms with E-state index in [1.807, 2.05) is 68.4 Å². The molecule has 0 aliphatic carbocycles. The number of aliphatic carboxylic acids is 1. The first kappa shape index (κ1) is 30.2. The van der Waals surface area contributed by atoms with Crippen molar-refractivity contribution in [1.82, 2.24) is 10.3 Å². The maximum atomic E-state index is 13.3.